The summed E-state index contributed by atoms with van der Waals surface area (Å²) in [7, 11) is 0. The van der Waals surface area contributed by atoms with Crippen molar-refractivity contribution in [1.29, 1.82) is 0 Å². The average Bonchev–Trinajstić information content (AvgIpc) is 3.01. The molecule has 1 saturated heterocycles. The third-order valence-corrected chi connectivity index (χ3v) is 3.62. The largest absolute Gasteiger partial charge is 0.338 e. The molecule has 0 unspecified atom stereocenters. The molecule has 1 aliphatic rings. The summed E-state index contributed by atoms with van der Waals surface area (Å²) in [4.78, 5) is 28.9. The van der Waals surface area contributed by atoms with Gasteiger partial charge in [0.15, 0.2) is 0 Å². The fourth-order valence-electron chi connectivity index (χ4n) is 2.52. The van der Waals surface area contributed by atoms with Crippen LogP contribution in [0.2, 0.25) is 0 Å². The zero-order valence-electron chi connectivity index (χ0n) is 11.1. The molecule has 0 radical (unpaired) electrons. The molecule has 0 atom stereocenters. The predicted octanol–water partition coefficient (Wildman–Crippen LogP) is 2.28. The molecule has 0 aliphatic carbocycles. The van der Waals surface area contributed by atoms with Crippen LogP contribution in [0.25, 0.3) is 11.3 Å². The molecular formula is C16H16N2O2. The Morgan fingerprint density at radius 1 is 1.00 bits per heavy atom. The summed E-state index contributed by atoms with van der Waals surface area (Å²) in [6.07, 6.45) is 2.04. The number of hydrogen-bond donors (Lipinski definition) is 1. The highest BCUT2D eigenvalue weighted by Gasteiger charge is 2.21. The summed E-state index contributed by atoms with van der Waals surface area (Å²) >= 11 is 0. The first-order valence-corrected chi connectivity index (χ1v) is 6.84. The smallest absolute Gasteiger partial charge is 0.261 e. The zero-order chi connectivity index (χ0) is 13.9. The van der Waals surface area contributed by atoms with Crippen molar-refractivity contribution < 1.29 is 4.79 Å². The van der Waals surface area contributed by atoms with Crippen molar-refractivity contribution >= 4 is 5.91 Å². The van der Waals surface area contributed by atoms with E-state index in [0.29, 0.717) is 0 Å². The number of carbonyl (C=O) groups excluding carboxylic acids is 1. The molecule has 3 rings (SSSR count). The van der Waals surface area contributed by atoms with Crippen LogP contribution in [0.15, 0.2) is 47.3 Å². The standard InChI is InChI=1S/C16H16N2O2/c19-15-13(16(20)18-10-4-5-11-18)8-9-14(17-15)12-6-2-1-3-7-12/h1-3,6-9H,4-5,10-11H2,(H,17,19). The van der Waals surface area contributed by atoms with Gasteiger partial charge in [-0.15, -0.1) is 0 Å². The van der Waals surface area contributed by atoms with E-state index in [2.05, 4.69) is 4.98 Å². The Morgan fingerprint density at radius 3 is 2.35 bits per heavy atom. The van der Waals surface area contributed by atoms with E-state index in [1.165, 1.54) is 0 Å². The molecule has 0 saturated carbocycles. The molecule has 1 aliphatic heterocycles. The number of H-pyrrole nitrogens is 1. The van der Waals surface area contributed by atoms with Crippen molar-refractivity contribution in [1.82, 2.24) is 9.88 Å². The highest BCUT2D eigenvalue weighted by molar-refractivity contribution is 5.94. The second-order valence-corrected chi connectivity index (χ2v) is 4.98. The van der Waals surface area contributed by atoms with Crippen LogP contribution in [0.3, 0.4) is 0 Å². The lowest BCUT2D eigenvalue weighted by atomic mass is 10.1. The Labute approximate surface area is 117 Å². The molecule has 2 aromatic rings. The minimum absolute atomic E-state index is 0.164. The van der Waals surface area contributed by atoms with Crippen LogP contribution in [-0.2, 0) is 0 Å². The number of carbonyl (C=O) groups is 1. The lowest BCUT2D eigenvalue weighted by Crippen LogP contribution is -2.32. The fraction of sp³-hybridized carbons (Fsp3) is 0.250. The van der Waals surface area contributed by atoms with Gasteiger partial charge in [0.2, 0.25) is 0 Å². The molecule has 20 heavy (non-hydrogen) atoms. The lowest BCUT2D eigenvalue weighted by molar-refractivity contribution is 0.0791. The maximum Gasteiger partial charge on any atom is 0.261 e. The number of nitrogens with one attached hydrogen (secondary N) is 1. The number of benzene rings is 1. The number of amides is 1. The zero-order valence-corrected chi connectivity index (χ0v) is 11.1. The summed E-state index contributed by atoms with van der Waals surface area (Å²) < 4.78 is 0. The first kappa shape index (κ1) is 12.7. The van der Waals surface area contributed by atoms with Gasteiger partial charge in [-0.05, 0) is 30.5 Å². The second kappa shape index (κ2) is 5.33. The molecule has 0 bridgehead atoms. The Morgan fingerprint density at radius 2 is 1.70 bits per heavy atom. The van der Waals surface area contributed by atoms with E-state index in [-0.39, 0.29) is 17.0 Å². The van der Waals surface area contributed by atoms with E-state index in [1.807, 2.05) is 30.3 Å². The lowest BCUT2D eigenvalue weighted by Gasteiger charge is -2.14. The maximum absolute atomic E-state index is 12.2. The number of rotatable bonds is 2. The molecule has 4 nitrogen and oxygen atoms in total. The Kier molecular flexibility index (Phi) is 3.37. The third-order valence-electron chi connectivity index (χ3n) is 3.62. The van der Waals surface area contributed by atoms with Gasteiger partial charge in [-0.1, -0.05) is 30.3 Å². The number of nitrogens with zero attached hydrogens (tertiary/aromatic N) is 1. The molecule has 1 aromatic carbocycles. The van der Waals surface area contributed by atoms with Crippen molar-refractivity contribution in [3.05, 3.63) is 58.4 Å². The van der Waals surface area contributed by atoms with Gasteiger partial charge in [0.05, 0.1) is 0 Å². The normalized spacial score (nSPS) is 14.5. The summed E-state index contributed by atoms with van der Waals surface area (Å²) in [5.41, 5.74) is 1.58. The van der Waals surface area contributed by atoms with Crippen molar-refractivity contribution in [3.8, 4) is 11.3 Å². The minimum Gasteiger partial charge on any atom is -0.338 e. The predicted molar refractivity (Wildman–Crippen MR) is 77.6 cm³/mol. The Balaban J connectivity index is 1.92. The third kappa shape index (κ3) is 2.37. The second-order valence-electron chi connectivity index (χ2n) is 4.98. The van der Waals surface area contributed by atoms with Gasteiger partial charge in [0.1, 0.15) is 5.56 Å². The van der Waals surface area contributed by atoms with Crippen molar-refractivity contribution in [2.24, 2.45) is 0 Å². The molecule has 4 heteroatoms. The number of aromatic amines is 1. The van der Waals surface area contributed by atoms with Crippen LogP contribution in [0, 0.1) is 0 Å². The van der Waals surface area contributed by atoms with Crippen LogP contribution in [0.5, 0.6) is 0 Å². The first-order valence-electron chi connectivity index (χ1n) is 6.84. The monoisotopic (exact) mass is 268 g/mol. The molecule has 1 fully saturated rings. The van der Waals surface area contributed by atoms with Gasteiger partial charge < -0.3 is 9.88 Å². The van der Waals surface area contributed by atoms with Crippen molar-refractivity contribution in [2.75, 3.05) is 13.1 Å². The van der Waals surface area contributed by atoms with Crippen LogP contribution in [0.1, 0.15) is 23.2 Å². The summed E-state index contributed by atoms with van der Waals surface area (Å²) in [5.74, 6) is -0.164. The van der Waals surface area contributed by atoms with Crippen LogP contribution in [-0.4, -0.2) is 28.9 Å². The molecule has 102 valence electrons. The Bertz CT molecular complexity index is 670. The fourth-order valence-corrected chi connectivity index (χ4v) is 2.52. The van der Waals surface area contributed by atoms with Crippen LogP contribution < -0.4 is 5.56 Å². The number of likely N-dealkylation sites (tertiary alicyclic amines) is 1. The summed E-state index contributed by atoms with van der Waals surface area (Å²) in [6.45, 7) is 1.50. The minimum atomic E-state index is -0.316. The van der Waals surface area contributed by atoms with Gasteiger partial charge in [-0.25, -0.2) is 0 Å². The first-order chi connectivity index (χ1) is 9.75. The molecular weight excluding hydrogens is 252 g/mol. The number of pyridine rings is 1. The van der Waals surface area contributed by atoms with E-state index in [1.54, 1.807) is 17.0 Å². The average molecular weight is 268 g/mol. The Hall–Kier alpha value is -2.36. The van der Waals surface area contributed by atoms with Crippen LogP contribution >= 0.6 is 0 Å². The molecule has 1 amide bonds. The van der Waals surface area contributed by atoms with Gasteiger partial charge in [0.25, 0.3) is 11.5 Å². The van der Waals surface area contributed by atoms with E-state index in [9.17, 15) is 9.59 Å². The van der Waals surface area contributed by atoms with Crippen molar-refractivity contribution in [2.45, 2.75) is 12.8 Å². The molecule has 2 heterocycles. The summed E-state index contributed by atoms with van der Waals surface area (Å²) in [6, 6.07) is 13.0. The molecule has 0 spiro atoms. The van der Waals surface area contributed by atoms with Gasteiger partial charge in [-0.2, -0.15) is 0 Å². The maximum atomic E-state index is 12.2. The molecule has 1 N–H and O–H groups in total. The van der Waals surface area contributed by atoms with E-state index >= 15 is 0 Å². The summed E-state index contributed by atoms with van der Waals surface area (Å²) in [5, 5.41) is 0. The highest BCUT2D eigenvalue weighted by Crippen LogP contribution is 2.16. The van der Waals surface area contributed by atoms with E-state index in [0.717, 1.165) is 37.2 Å². The van der Waals surface area contributed by atoms with Gasteiger partial charge in [-0.3, -0.25) is 9.59 Å². The quantitative estimate of drug-likeness (QED) is 0.908. The number of hydrogen-bond acceptors (Lipinski definition) is 2. The van der Waals surface area contributed by atoms with Crippen LogP contribution in [0.4, 0.5) is 0 Å². The highest BCUT2D eigenvalue weighted by atomic mass is 16.2. The van der Waals surface area contributed by atoms with Gasteiger partial charge >= 0.3 is 0 Å². The van der Waals surface area contributed by atoms with Gasteiger partial charge in [0, 0.05) is 18.8 Å². The van der Waals surface area contributed by atoms with Crippen molar-refractivity contribution in [3.63, 3.8) is 0 Å². The SMILES string of the molecule is O=C(c1ccc(-c2ccccc2)[nH]c1=O)N1CCCC1. The van der Waals surface area contributed by atoms with E-state index < -0.39 is 0 Å². The topological polar surface area (TPSA) is 53.2 Å². The number of aromatic nitrogens is 1. The van der Waals surface area contributed by atoms with E-state index in [4.69, 9.17) is 0 Å². The molecule has 1 aromatic heterocycles.